The van der Waals surface area contributed by atoms with Crippen molar-refractivity contribution in [2.75, 3.05) is 52.0 Å². The number of nitrogens with two attached hydrogens (primary N) is 1. The van der Waals surface area contributed by atoms with Crippen molar-refractivity contribution in [3.8, 4) is 5.75 Å². The van der Waals surface area contributed by atoms with Crippen molar-refractivity contribution in [2.24, 2.45) is 0 Å². The Hall–Kier alpha value is -3.21. The van der Waals surface area contributed by atoms with E-state index in [2.05, 4.69) is 34.2 Å². The Kier molecular flexibility index (Phi) is 11.6. The Bertz CT molecular complexity index is 1610. The van der Waals surface area contributed by atoms with Gasteiger partial charge in [0.25, 0.3) is 0 Å². The van der Waals surface area contributed by atoms with Crippen LogP contribution in [-0.2, 0) is 35.9 Å². The molecule has 0 atom stereocenters. The molecule has 4 rings (SSSR count). The summed E-state index contributed by atoms with van der Waals surface area (Å²) in [6, 6.07) is 14.3. The first kappa shape index (κ1) is 33.7. The average Bonchev–Trinajstić information content (AvgIpc) is 2.98. The molecular weight excluding hydrogens is 591 g/mol. The Balaban J connectivity index is 1.21. The van der Waals surface area contributed by atoms with Crippen molar-refractivity contribution in [2.45, 2.75) is 46.2 Å². The van der Waals surface area contributed by atoms with Gasteiger partial charge in [0.2, 0.25) is 0 Å². The summed E-state index contributed by atoms with van der Waals surface area (Å²) in [5, 5.41) is 2.04. The van der Waals surface area contributed by atoms with Crippen molar-refractivity contribution in [3.63, 3.8) is 0 Å². The maximum Gasteiger partial charge on any atom is 0.402 e. The van der Waals surface area contributed by atoms with E-state index in [1.807, 2.05) is 38.2 Å². The van der Waals surface area contributed by atoms with E-state index < -0.39 is 19.9 Å². The van der Waals surface area contributed by atoms with Gasteiger partial charge in [-0.2, -0.15) is 8.78 Å². The van der Waals surface area contributed by atoms with Gasteiger partial charge in [-0.1, -0.05) is 18.2 Å². The zero-order valence-corrected chi connectivity index (χ0v) is 26.5. The number of aryl methyl sites for hydroxylation is 4. The second-order valence-corrected chi connectivity index (χ2v) is 12.5. The molecule has 0 aliphatic carbocycles. The molecule has 9 nitrogen and oxygen atoms in total. The lowest BCUT2D eigenvalue weighted by Crippen LogP contribution is -2.27. The molecule has 2 aromatic heterocycles. The second-order valence-electron chi connectivity index (χ2n) is 10.4. The lowest BCUT2D eigenvalue weighted by molar-refractivity contribution is -0.0527. The first-order valence-corrected chi connectivity index (χ1v) is 16.2. The smallest absolute Gasteiger partial charge is 0.402 e. The van der Waals surface area contributed by atoms with E-state index in [9.17, 15) is 13.3 Å². The molecule has 0 aliphatic heterocycles. The van der Waals surface area contributed by atoms with E-state index >= 15 is 0 Å². The highest BCUT2D eigenvalue weighted by Gasteiger charge is 2.53. The molecule has 2 N–H and O–H groups in total. The number of nitrogen functional groups attached to an aromatic ring is 1. The molecule has 0 radical (unpaired) electrons. The maximum atomic E-state index is 14.3. The SMILES string of the molecule is CCOP(=O)(OCC)C(F)(F)COCCOCCOc1ccc(CCc2cnc3c(N)nc4cc(C)ccc4c3c2)c(C)c1. The highest BCUT2D eigenvalue weighted by molar-refractivity contribution is 7.55. The predicted octanol–water partition coefficient (Wildman–Crippen LogP) is 7.04. The molecule has 44 heavy (non-hydrogen) atoms. The number of nitrogens with zero attached hydrogens (tertiary/aromatic N) is 2. The van der Waals surface area contributed by atoms with E-state index in [4.69, 9.17) is 29.0 Å². The molecule has 12 heteroatoms. The monoisotopic (exact) mass is 631 g/mol. The molecule has 4 aromatic rings. The first-order valence-electron chi connectivity index (χ1n) is 14.7. The molecule has 238 valence electrons. The summed E-state index contributed by atoms with van der Waals surface area (Å²) in [4.78, 5) is 9.14. The number of alkyl halides is 2. The number of pyridine rings is 2. The molecule has 0 amide bonds. The molecule has 0 spiro atoms. The lowest BCUT2D eigenvalue weighted by atomic mass is 9.99. The number of ether oxygens (including phenoxy) is 3. The van der Waals surface area contributed by atoms with Gasteiger partial charge in [-0.15, -0.1) is 0 Å². The molecular formula is C32H40F2N3O6P. The summed E-state index contributed by atoms with van der Waals surface area (Å²) in [6.07, 6.45) is 3.52. The van der Waals surface area contributed by atoms with Crippen molar-refractivity contribution >= 4 is 35.2 Å². The van der Waals surface area contributed by atoms with Gasteiger partial charge in [0.1, 0.15) is 24.5 Å². The maximum absolute atomic E-state index is 14.3. The minimum absolute atomic E-state index is 0.0765. The van der Waals surface area contributed by atoms with Crippen molar-refractivity contribution in [1.82, 2.24) is 9.97 Å². The fourth-order valence-electron chi connectivity index (χ4n) is 4.79. The van der Waals surface area contributed by atoms with Gasteiger partial charge in [0, 0.05) is 17.0 Å². The van der Waals surface area contributed by atoms with Crippen LogP contribution in [0.1, 0.15) is 36.1 Å². The largest absolute Gasteiger partial charge is 0.491 e. The van der Waals surface area contributed by atoms with Gasteiger partial charge in [-0.05, 0) is 87.1 Å². The molecule has 0 saturated heterocycles. The number of rotatable bonds is 17. The third kappa shape index (κ3) is 8.28. The van der Waals surface area contributed by atoms with Crippen LogP contribution < -0.4 is 10.5 Å². The third-order valence-corrected chi connectivity index (χ3v) is 9.14. The van der Waals surface area contributed by atoms with Crippen molar-refractivity contribution < 1.29 is 36.6 Å². The van der Waals surface area contributed by atoms with Gasteiger partial charge >= 0.3 is 13.3 Å². The zero-order valence-electron chi connectivity index (χ0n) is 25.6. The van der Waals surface area contributed by atoms with Crippen LogP contribution in [0.2, 0.25) is 0 Å². The zero-order chi connectivity index (χ0) is 31.7. The standard InChI is InChI=1S/C32H40F2N3O6P/c1-5-42-44(38,43-6-2)32(33,34)21-40-14-13-39-15-16-41-26-11-10-25(23(4)18-26)9-8-24-19-28-27-12-7-22(3)17-29(27)37-31(35)30(28)36-20-24/h7,10-12,17-20H,5-6,8-9,13-16,21H2,1-4H3,(H2,35,37). The minimum Gasteiger partial charge on any atom is -0.491 e. The van der Waals surface area contributed by atoms with Crippen molar-refractivity contribution in [3.05, 3.63) is 70.9 Å². The summed E-state index contributed by atoms with van der Waals surface area (Å²) in [6.45, 7) is 6.12. The quantitative estimate of drug-likeness (QED) is 0.0745. The molecule has 0 unspecified atom stereocenters. The van der Waals surface area contributed by atoms with E-state index in [-0.39, 0.29) is 39.6 Å². The van der Waals surface area contributed by atoms with Gasteiger partial charge in [-0.3, -0.25) is 9.55 Å². The van der Waals surface area contributed by atoms with Crippen LogP contribution in [0, 0.1) is 13.8 Å². The van der Waals surface area contributed by atoms with E-state index in [1.165, 1.54) is 19.4 Å². The number of aromatic nitrogens is 2. The van der Waals surface area contributed by atoms with Crippen LogP contribution in [0.15, 0.2) is 48.7 Å². The van der Waals surface area contributed by atoms with Crippen LogP contribution in [0.4, 0.5) is 14.6 Å². The highest BCUT2D eigenvalue weighted by Crippen LogP contribution is 2.61. The topological polar surface area (TPSA) is 115 Å². The number of fused-ring (bicyclic) bond motifs is 3. The Morgan fingerprint density at radius 1 is 0.886 bits per heavy atom. The number of benzene rings is 2. The molecule has 0 bridgehead atoms. The fourth-order valence-corrected chi connectivity index (χ4v) is 6.18. The molecule has 0 aliphatic rings. The van der Waals surface area contributed by atoms with E-state index in [1.54, 1.807) is 0 Å². The minimum atomic E-state index is -4.60. The first-order chi connectivity index (χ1) is 21.1. The molecule has 2 heterocycles. The summed E-state index contributed by atoms with van der Waals surface area (Å²) < 4.78 is 66.5. The van der Waals surface area contributed by atoms with Gasteiger partial charge in [-0.25, -0.2) is 4.98 Å². The summed E-state index contributed by atoms with van der Waals surface area (Å²) in [5.74, 6) is 1.15. The summed E-state index contributed by atoms with van der Waals surface area (Å²) in [7, 11) is -4.60. The van der Waals surface area contributed by atoms with Crippen LogP contribution >= 0.6 is 7.60 Å². The molecule has 0 saturated carbocycles. The van der Waals surface area contributed by atoms with E-state index in [0.29, 0.717) is 17.1 Å². The fraction of sp³-hybridized carbons (Fsp3) is 0.438. The second kappa shape index (κ2) is 15.2. The number of hydrogen-bond acceptors (Lipinski definition) is 9. The molecule has 2 aromatic carbocycles. The summed E-state index contributed by atoms with van der Waals surface area (Å²) in [5.41, 5.74) is 8.59. The van der Waals surface area contributed by atoms with Crippen molar-refractivity contribution in [1.29, 1.82) is 0 Å². The Morgan fingerprint density at radius 3 is 2.34 bits per heavy atom. The van der Waals surface area contributed by atoms with Gasteiger partial charge in [0.15, 0.2) is 5.82 Å². The lowest BCUT2D eigenvalue weighted by Gasteiger charge is -2.25. The number of anilines is 1. The number of hydrogen-bond donors (Lipinski definition) is 1. The van der Waals surface area contributed by atoms with Crippen LogP contribution in [-0.4, -0.2) is 61.9 Å². The van der Waals surface area contributed by atoms with Gasteiger partial charge in [0.05, 0.1) is 38.6 Å². The highest BCUT2D eigenvalue weighted by atomic mass is 31.2. The normalized spacial score (nSPS) is 12.3. The predicted molar refractivity (Wildman–Crippen MR) is 168 cm³/mol. The third-order valence-electron chi connectivity index (χ3n) is 7.01. The Morgan fingerprint density at radius 2 is 1.61 bits per heavy atom. The molecule has 0 fully saturated rings. The van der Waals surface area contributed by atoms with Crippen LogP contribution in [0.3, 0.4) is 0 Å². The van der Waals surface area contributed by atoms with E-state index in [0.717, 1.165) is 45.8 Å². The van der Waals surface area contributed by atoms with Crippen LogP contribution in [0.25, 0.3) is 21.8 Å². The average molecular weight is 632 g/mol. The summed E-state index contributed by atoms with van der Waals surface area (Å²) >= 11 is 0. The van der Waals surface area contributed by atoms with Crippen LogP contribution in [0.5, 0.6) is 5.75 Å². The Labute approximate surface area is 256 Å². The van der Waals surface area contributed by atoms with Gasteiger partial charge < -0.3 is 29.0 Å². The number of halogens is 2.